The molecule has 4 nitrogen and oxygen atoms in total. The Morgan fingerprint density at radius 2 is 2.17 bits per heavy atom. The number of nitrogens with one attached hydrogen (secondary N) is 1. The van der Waals surface area contributed by atoms with Crippen LogP contribution >= 0.6 is 27.3 Å². The zero-order valence-electron chi connectivity index (χ0n) is 11.8. The summed E-state index contributed by atoms with van der Waals surface area (Å²) in [5, 5.41) is 5.11. The van der Waals surface area contributed by atoms with Gasteiger partial charge in [0.15, 0.2) is 0 Å². The van der Waals surface area contributed by atoms with Crippen LogP contribution in [-0.2, 0) is 11.2 Å². The lowest BCUT2D eigenvalue weighted by Gasteiger charge is -2.05. The number of anilines is 1. The summed E-state index contributed by atoms with van der Waals surface area (Å²) in [6.07, 6.45) is 1.78. The predicted molar refractivity (Wildman–Crippen MR) is 91.8 cm³/mol. The first kappa shape index (κ1) is 15.8. The maximum atomic E-state index is 13.7. The summed E-state index contributed by atoms with van der Waals surface area (Å²) in [7, 11) is 0. The fourth-order valence-corrected chi connectivity index (χ4v) is 3.07. The predicted octanol–water partition coefficient (Wildman–Crippen LogP) is 4.29. The fraction of sp³-hybridized carbons (Fsp3) is 0.0625. The molecule has 0 aliphatic heterocycles. The molecule has 0 aliphatic rings. The number of carbonyl (C=O) groups is 1. The van der Waals surface area contributed by atoms with Crippen LogP contribution in [0.1, 0.15) is 5.69 Å². The molecular formula is C16H11BrFN3OS. The van der Waals surface area contributed by atoms with Crippen molar-refractivity contribution in [3.05, 3.63) is 64.0 Å². The number of hydrogen-bond donors (Lipinski definition) is 1. The molecule has 3 rings (SSSR count). The monoisotopic (exact) mass is 391 g/mol. The number of thiazole rings is 1. The lowest BCUT2D eigenvalue weighted by molar-refractivity contribution is -0.115. The molecule has 0 fully saturated rings. The van der Waals surface area contributed by atoms with Gasteiger partial charge in [-0.3, -0.25) is 9.78 Å². The average Bonchev–Trinajstić information content (AvgIpc) is 2.99. The Kier molecular flexibility index (Phi) is 4.78. The standard InChI is InChI=1S/C16H11BrFN3OS/c17-10-4-5-13(12(18)7-10)21-15(22)8-11-9-23-16(20-11)14-3-1-2-6-19-14/h1-7,9H,8H2,(H,21,22). The minimum absolute atomic E-state index is 0.0822. The van der Waals surface area contributed by atoms with E-state index in [0.717, 1.165) is 10.7 Å². The largest absolute Gasteiger partial charge is 0.323 e. The minimum atomic E-state index is -0.486. The summed E-state index contributed by atoms with van der Waals surface area (Å²) >= 11 is 4.60. The minimum Gasteiger partial charge on any atom is -0.323 e. The van der Waals surface area contributed by atoms with E-state index in [0.29, 0.717) is 10.2 Å². The second kappa shape index (κ2) is 6.97. The van der Waals surface area contributed by atoms with Crippen molar-refractivity contribution in [1.82, 2.24) is 9.97 Å². The molecule has 0 radical (unpaired) electrons. The van der Waals surface area contributed by atoms with Gasteiger partial charge in [0.1, 0.15) is 10.8 Å². The van der Waals surface area contributed by atoms with Crippen LogP contribution in [0.4, 0.5) is 10.1 Å². The average molecular weight is 392 g/mol. The first-order valence-corrected chi connectivity index (χ1v) is 8.40. The van der Waals surface area contributed by atoms with Gasteiger partial charge in [-0.15, -0.1) is 11.3 Å². The molecule has 0 atom stereocenters. The summed E-state index contributed by atoms with van der Waals surface area (Å²) in [4.78, 5) is 20.6. The number of nitrogens with zero attached hydrogens (tertiary/aromatic N) is 2. The number of aromatic nitrogens is 2. The van der Waals surface area contributed by atoms with Crippen LogP contribution in [0.25, 0.3) is 10.7 Å². The van der Waals surface area contributed by atoms with E-state index in [2.05, 4.69) is 31.2 Å². The van der Waals surface area contributed by atoms with Crippen molar-refractivity contribution < 1.29 is 9.18 Å². The van der Waals surface area contributed by atoms with Crippen molar-refractivity contribution in [2.45, 2.75) is 6.42 Å². The SMILES string of the molecule is O=C(Cc1csc(-c2ccccn2)n1)Nc1ccc(Br)cc1F. The Labute approximate surface area is 144 Å². The number of carbonyl (C=O) groups excluding carboxylic acids is 1. The molecule has 0 unspecified atom stereocenters. The molecule has 1 N–H and O–H groups in total. The molecule has 1 aromatic carbocycles. The molecule has 3 aromatic rings. The van der Waals surface area contributed by atoms with Crippen LogP contribution in [0.15, 0.2) is 52.4 Å². The van der Waals surface area contributed by atoms with Crippen molar-refractivity contribution in [3.8, 4) is 10.7 Å². The molecule has 0 aliphatic carbocycles. The first-order chi connectivity index (χ1) is 11.1. The zero-order valence-corrected chi connectivity index (χ0v) is 14.2. The molecule has 1 amide bonds. The van der Waals surface area contributed by atoms with Gasteiger partial charge in [-0.05, 0) is 30.3 Å². The Morgan fingerprint density at radius 3 is 2.91 bits per heavy atom. The number of halogens is 2. The van der Waals surface area contributed by atoms with Gasteiger partial charge < -0.3 is 5.32 Å². The van der Waals surface area contributed by atoms with Crippen LogP contribution in [0.2, 0.25) is 0 Å². The van der Waals surface area contributed by atoms with Crippen LogP contribution in [-0.4, -0.2) is 15.9 Å². The van der Waals surface area contributed by atoms with Crippen molar-refractivity contribution in [3.63, 3.8) is 0 Å². The lowest BCUT2D eigenvalue weighted by Crippen LogP contribution is -2.15. The van der Waals surface area contributed by atoms with Crippen molar-refractivity contribution >= 4 is 38.9 Å². The molecule has 2 heterocycles. The molecule has 0 saturated heterocycles. The molecule has 0 bridgehead atoms. The number of amides is 1. The maximum absolute atomic E-state index is 13.7. The Morgan fingerprint density at radius 1 is 1.30 bits per heavy atom. The van der Waals surface area contributed by atoms with Crippen LogP contribution in [0, 0.1) is 5.82 Å². The van der Waals surface area contributed by atoms with Crippen molar-refractivity contribution in [2.75, 3.05) is 5.32 Å². The summed E-state index contributed by atoms with van der Waals surface area (Å²) in [6, 6.07) is 10.1. The van der Waals surface area contributed by atoms with E-state index in [9.17, 15) is 9.18 Å². The Bertz CT molecular complexity index is 838. The molecule has 116 valence electrons. The highest BCUT2D eigenvalue weighted by molar-refractivity contribution is 9.10. The molecule has 0 saturated carbocycles. The van der Waals surface area contributed by atoms with Gasteiger partial charge in [0.05, 0.1) is 23.5 Å². The summed E-state index contributed by atoms with van der Waals surface area (Å²) in [5.41, 5.74) is 1.55. The van der Waals surface area contributed by atoms with E-state index < -0.39 is 5.82 Å². The molecule has 7 heteroatoms. The highest BCUT2D eigenvalue weighted by Gasteiger charge is 2.11. The second-order valence-corrected chi connectivity index (χ2v) is 6.48. The van der Waals surface area contributed by atoms with Crippen LogP contribution in [0.5, 0.6) is 0 Å². The van der Waals surface area contributed by atoms with Gasteiger partial charge in [0.25, 0.3) is 0 Å². The van der Waals surface area contributed by atoms with Gasteiger partial charge in [0.2, 0.25) is 5.91 Å². The zero-order chi connectivity index (χ0) is 16.2. The smallest absolute Gasteiger partial charge is 0.230 e. The van der Waals surface area contributed by atoms with Gasteiger partial charge in [-0.2, -0.15) is 0 Å². The topological polar surface area (TPSA) is 54.9 Å². The van der Waals surface area contributed by atoms with Gasteiger partial charge in [-0.1, -0.05) is 22.0 Å². The molecule has 2 aromatic heterocycles. The number of rotatable bonds is 4. The highest BCUT2D eigenvalue weighted by Crippen LogP contribution is 2.22. The van der Waals surface area contributed by atoms with E-state index in [1.165, 1.54) is 23.5 Å². The van der Waals surface area contributed by atoms with E-state index >= 15 is 0 Å². The third-order valence-corrected chi connectivity index (χ3v) is 4.39. The molecule has 23 heavy (non-hydrogen) atoms. The van der Waals surface area contributed by atoms with Gasteiger partial charge >= 0.3 is 0 Å². The lowest BCUT2D eigenvalue weighted by atomic mass is 10.2. The molecule has 0 spiro atoms. The maximum Gasteiger partial charge on any atom is 0.230 e. The second-order valence-electron chi connectivity index (χ2n) is 4.71. The van der Waals surface area contributed by atoms with Crippen molar-refractivity contribution in [2.24, 2.45) is 0 Å². The highest BCUT2D eigenvalue weighted by atomic mass is 79.9. The molecular weight excluding hydrogens is 381 g/mol. The number of hydrogen-bond acceptors (Lipinski definition) is 4. The van der Waals surface area contributed by atoms with Gasteiger partial charge in [0, 0.05) is 16.0 Å². The third kappa shape index (κ3) is 4.00. The summed E-state index contributed by atoms with van der Waals surface area (Å²) < 4.78 is 14.3. The number of pyridine rings is 1. The normalized spacial score (nSPS) is 10.5. The van der Waals surface area contributed by atoms with Crippen LogP contribution < -0.4 is 5.32 Å². The van der Waals surface area contributed by atoms with Crippen LogP contribution in [0.3, 0.4) is 0 Å². The fourth-order valence-electron chi connectivity index (χ4n) is 1.94. The quantitative estimate of drug-likeness (QED) is 0.721. The first-order valence-electron chi connectivity index (χ1n) is 6.72. The van der Waals surface area contributed by atoms with E-state index in [1.807, 2.05) is 23.6 Å². The van der Waals surface area contributed by atoms with Gasteiger partial charge in [-0.25, -0.2) is 9.37 Å². The summed E-state index contributed by atoms with van der Waals surface area (Å²) in [5.74, 6) is -0.802. The number of benzene rings is 1. The Balaban J connectivity index is 1.68. The third-order valence-electron chi connectivity index (χ3n) is 2.98. The van der Waals surface area contributed by atoms with Crippen molar-refractivity contribution in [1.29, 1.82) is 0 Å². The van der Waals surface area contributed by atoms with E-state index in [4.69, 9.17) is 0 Å². The van der Waals surface area contributed by atoms with E-state index in [-0.39, 0.29) is 18.0 Å². The van der Waals surface area contributed by atoms with E-state index in [1.54, 1.807) is 12.3 Å². The Hall–Kier alpha value is -2.12. The summed E-state index contributed by atoms with van der Waals surface area (Å²) in [6.45, 7) is 0.